The van der Waals surface area contributed by atoms with Crippen molar-refractivity contribution in [2.75, 3.05) is 39.6 Å². The number of anilines is 4. The lowest BCUT2D eigenvalue weighted by atomic mass is 9.72. The van der Waals surface area contributed by atoms with Gasteiger partial charge in [-0.2, -0.15) is 5.26 Å². The molecule has 0 aliphatic heterocycles. The van der Waals surface area contributed by atoms with Crippen molar-refractivity contribution < 1.29 is 45.1 Å². The van der Waals surface area contributed by atoms with Crippen molar-refractivity contribution >= 4 is 106 Å². The fourth-order valence-corrected chi connectivity index (χ4v) is 11.0. The van der Waals surface area contributed by atoms with E-state index < -0.39 is 43.9 Å². The Morgan fingerprint density at radius 1 is 0.868 bits per heavy atom. The van der Waals surface area contributed by atoms with Gasteiger partial charge in [0.1, 0.15) is 22.9 Å². The molecular formula is C57H59ClN6O10S2. The van der Waals surface area contributed by atoms with Gasteiger partial charge < -0.3 is 19.2 Å². The molecule has 6 aromatic carbocycles. The largest absolute Gasteiger partial charge is 0.497 e. The molecule has 76 heavy (non-hydrogen) atoms. The molecule has 0 bridgehead atoms. The number of nitrogens with zero attached hydrogens (tertiary/aromatic N) is 3. The molecule has 0 fully saturated rings. The fourth-order valence-electron chi connectivity index (χ4n) is 9.01. The lowest BCUT2D eigenvalue weighted by Gasteiger charge is -2.32. The highest BCUT2D eigenvalue weighted by Crippen LogP contribution is 2.38. The Morgan fingerprint density at radius 2 is 1.58 bits per heavy atom. The third kappa shape index (κ3) is 13.4. The molecule has 1 unspecified atom stereocenters. The van der Waals surface area contributed by atoms with Crippen LogP contribution < -0.4 is 24.4 Å². The van der Waals surface area contributed by atoms with Crippen LogP contribution in [0.25, 0.3) is 33.5 Å². The number of hydrogen-bond acceptors (Lipinski definition) is 12. The van der Waals surface area contributed by atoms with Crippen LogP contribution in [0, 0.1) is 23.7 Å². The number of oxazole rings is 1. The molecule has 0 saturated heterocycles. The molecule has 0 aliphatic carbocycles. The highest BCUT2D eigenvalue weighted by Gasteiger charge is 2.35. The SMILES string of the molecule is CCCCN(C(=O)OC(C(=O)Nc1cc(NS(=O)(=O)c2ccc(NS(C)(=O)=O)c3ccccc23)ccc1Cl)C(=O)c1ccc(OC)cc1)c1ccc(C=C(C#N)c2nc3cc(C(C)(C)CC(C)(C)C)ccc3o2)c(C)c1. The molecular weight excluding hydrogens is 1030 g/mol. The van der Waals surface area contributed by atoms with E-state index in [4.69, 9.17) is 30.5 Å². The van der Waals surface area contributed by atoms with Crippen molar-refractivity contribution in [1.29, 1.82) is 5.26 Å². The Bertz CT molecular complexity index is 3670. The van der Waals surface area contributed by atoms with Crippen molar-refractivity contribution in [2.45, 2.75) is 84.1 Å². The third-order valence-electron chi connectivity index (χ3n) is 12.3. The number of hydrogen-bond donors (Lipinski definition) is 3. The second-order valence-corrected chi connectivity index (χ2v) is 24.0. The number of allylic oxidation sites excluding steroid dienone is 1. The molecule has 1 atom stereocenters. The predicted molar refractivity (Wildman–Crippen MR) is 299 cm³/mol. The van der Waals surface area contributed by atoms with E-state index in [1.54, 1.807) is 42.5 Å². The molecule has 7 rings (SSSR count). The van der Waals surface area contributed by atoms with Crippen molar-refractivity contribution in [1.82, 2.24) is 4.98 Å². The van der Waals surface area contributed by atoms with Gasteiger partial charge in [0.15, 0.2) is 5.58 Å². The average Bonchev–Trinajstić information content (AvgIpc) is 3.79. The number of carbonyl (C=O) groups is 3. The number of unbranched alkanes of at least 4 members (excludes halogenated alkanes) is 1. The Kier molecular flexibility index (Phi) is 16.7. The van der Waals surface area contributed by atoms with Gasteiger partial charge in [-0.1, -0.05) is 96.0 Å². The van der Waals surface area contributed by atoms with Gasteiger partial charge in [-0.15, -0.1) is 0 Å². The number of aromatic nitrogens is 1. The molecule has 0 spiro atoms. The van der Waals surface area contributed by atoms with Gasteiger partial charge in [-0.25, -0.2) is 26.6 Å². The predicted octanol–water partition coefficient (Wildman–Crippen LogP) is 12.5. The monoisotopic (exact) mass is 1090 g/mol. The van der Waals surface area contributed by atoms with Crippen molar-refractivity contribution in [3.63, 3.8) is 0 Å². The summed E-state index contributed by atoms with van der Waals surface area (Å²) in [4.78, 5) is 48.9. The number of ketones is 1. The van der Waals surface area contributed by atoms with Crippen LogP contribution in [-0.2, 0) is 35.0 Å². The van der Waals surface area contributed by atoms with Crippen LogP contribution in [0.4, 0.5) is 27.5 Å². The number of ether oxygens (including phenoxy) is 2. The first kappa shape index (κ1) is 56.0. The summed E-state index contributed by atoms with van der Waals surface area (Å²) in [5.41, 5.74) is 4.13. The molecule has 19 heteroatoms. The van der Waals surface area contributed by atoms with Gasteiger partial charge in [0, 0.05) is 28.6 Å². The highest BCUT2D eigenvalue weighted by molar-refractivity contribution is 7.93. The maximum atomic E-state index is 14.4. The van der Waals surface area contributed by atoms with Crippen molar-refractivity contribution in [2.24, 2.45) is 5.41 Å². The average molecular weight is 1090 g/mol. The van der Waals surface area contributed by atoms with E-state index in [9.17, 15) is 36.5 Å². The number of methoxy groups -OCH3 is 1. The van der Waals surface area contributed by atoms with Crippen LogP contribution in [0.2, 0.25) is 5.02 Å². The summed E-state index contributed by atoms with van der Waals surface area (Å²) in [5, 5.41) is 13.4. The van der Waals surface area contributed by atoms with Gasteiger partial charge in [-0.3, -0.25) is 23.9 Å². The van der Waals surface area contributed by atoms with Gasteiger partial charge >= 0.3 is 6.09 Å². The number of fused-ring (bicyclic) bond motifs is 2. The third-order valence-corrected chi connectivity index (χ3v) is 14.7. The second-order valence-electron chi connectivity index (χ2n) is 20.2. The van der Waals surface area contributed by atoms with Crippen LogP contribution >= 0.6 is 11.6 Å². The first-order valence-corrected chi connectivity index (χ1v) is 28.0. The minimum Gasteiger partial charge on any atom is -0.497 e. The van der Waals surface area contributed by atoms with E-state index in [1.807, 2.05) is 32.0 Å². The molecule has 7 aromatic rings. The Hall–Kier alpha value is -7.72. The molecule has 0 radical (unpaired) electrons. The van der Waals surface area contributed by atoms with Crippen LogP contribution in [0.1, 0.15) is 93.7 Å². The molecule has 396 valence electrons. The number of Topliss-reactive ketones (excluding diaryl/α,β-unsaturated/α-hetero) is 1. The summed E-state index contributed by atoms with van der Waals surface area (Å²) in [5.74, 6) is -1.41. The number of halogens is 1. The minimum absolute atomic E-state index is 0.00971. The van der Waals surface area contributed by atoms with Gasteiger partial charge in [-0.05, 0) is 132 Å². The summed E-state index contributed by atoms with van der Waals surface area (Å²) >= 11 is 6.57. The molecule has 0 aliphatic rings. The Morgan fingerprint density at radius 3 is 2.22 bits per heavy atom. The number of rotatable bonds is 19. The highest BCUT2D eigenvalue weighted by atomic mass is 35.5. The number of nitrogens with one attached hydrogen (secondary N) is 3. The second kappa shape index (κ2) is 22.6. The number of sulfonamides is 2. The quantitative estimate of drug-likeness (QED) is 0.0390. The van der Waals surface area contributed by atoms with E-state index >= 15 is 0 Å². The smallest absolute Gasteiger partial charge is 0.415 e. The summed E-state index contributed by atoms with van der Waals surface area (Å²) in [6.45, 7) is 14.9. The zero-order chi connectivity index (χ0) is 55.3. The summed E-state index contributed by atoms with van der Waals surface area (Å²) < 4.78 is 74.1. The van der Waals surface area contributed by atoms with E-state index in [1.165, 1.54) is 72.7 Å². The maximum Gasteiger partial charge on any atom is 0.415 e. The number of carbonyl (C=O) groups excluding carboxylic acids is 3. The summed E-state index contributed by atoms with van der Waals surface area (Å²) in [6, 6.07) is 31.9. The molecule has 0 saturated carbocycles. The van der Waals surface area contributed by atoms with E-state index in [0.29, 0.717) is 51.9 Å². The summed E-state index contributed by atoms with van der Waals surface area (Å²) in [6.07, 6.45) is 1.65. The number of nitriles is 1. The number of amides is 2. The first-order chi connectivity index (χ1) is 35.8. The molecule has 3 N–H and O–H groups in total. The van der Waals surface area contributed by atoms with Crippen LogP contribution in [0.5, 0.6) is 5.75 Å². The zero-order valence-corrected chi connectivity index (χ0v) is 46.0. The number of benzene rings is 6. The van der Waals surface area contributed by atoms with E-state index in [0.717, 1.165) is 18.2 Å². The van der Waals surface area contributed by atoms with Gasteiger partial charge in [0.2, 0.25) is 27.8 Å². The fraction of sp³-hybridized carbons (Fsp3) is 0.281. The summed E-state index contributed by atoms with van der Waals surface area (Å²) in [7, 11) is -6.63. The van der Waals surface area contributed by atoms with Crippen LogP contribution in [-0.4, -0.2) is 65.6 Å². The first-order valence-electron chi connectivity index (χ1n) is 24.2. The topological polar surface area (TPSA) is 227 Å². The maximum absolute atomic E-state index is 14.4. The van der Waals surface area contributed by atoms with Gasteiger partial charge in [0.05, 0.1) is 40.3 Å². The molecule has 16 nitrogen and oxygen atoms in total. The number of aryl methyl sites for hydroxylation is 1. The lowest BCUT2D eigenvalue weighted by Crippen LogP contribution is -2.43. The Balaban J connectivity index is 1.16. The van der Waals surface area contributed by atoms with Crippen molar-refractivity contribution in [3.05, 3.63) is 148 Å². The lowest BCUT2D eigenvalue weighted by molar-refractivity contribution is -0.122. The van der Waals surface area contributed by atoms with E-state index in [2.05, 4.69) is 55.4 Å². The molecule has 2 amide bonds. The normalized spacial score (nSPS) is 12.7. The van der Waals surface area contributed by atoms with Crippen LogP contribution in [0.15, 0.2) is 125 Å². The van der Waals surface area contributed by atoms with Gasteiger partial charge in [0.25, 0.3) is 15.9 Å². The molecule has 1 aromatic heterocycles. The zero-order valence-electron chi connectivity index (χ0n) is 43.6. The minimum atomic E-state index is -4.38. The Labute approximate surface area is 448 Å². The van der Waals surface area contributed by atoms with Crippen molar-refractivity contribution in [3.8, 4) is 11.8 Å². The standard InChI is InChI=1S/C57H59ClN6O10S2/c1-10-11-28-64(41-21-16-37(35(2)29-41)30-38(33-59)54-61-48-31-39(19-26-49(48)73-54)57(6,7)34-56(3,4)5)55(67)74-52(51(65)36-17-22-42(72-8)23-18-36)53(66)60-47-32-40(20-24-45(47)58)62-76(70,71)50-27-25-46(63-75(9,68)69)43-14-12-13-15-44(43)50/h12-27,29-32,52,62-63H,10-11,28,34H2,1-9H3,(H,60,66). The molecule has 1 heterocycles. The van der Waals surface area contributed by atoms with E-state index in [-0.39, 0.29) is 66.8 Å². The van der Waals surface area contributed by atoms with Crippen LogP contribution in [0.3, 0.4) is 0 Å².